The van der Waals surface area contributed by atoms with Gasteiger partial charge in [-0.3, -0.25) is 0 Å². The Kier molecular flexibility index (Phi) is 8.00. The quantitative estimate of drug-likeness (QED) is 0.684. The number of aliphatic hydroxyl groups excluding tert-OH is 1. The molecule has 6 heteroatoms. The molecule has 1 aliphatic heterocycles. The smallest absolute Gasteiger partial charge is 0.407 e. The Morgan fingerprint density at radius 3 is 2.10 bits per heavy atom. The maximum atomic E-state index is 11.5. The molecule has 124 valence electrons. The lowest BCUT2D eigenvalue weighted by Crippen LogP contribution is -2.47. The highest BCUT2D eigenvalue weighted by atomic mass is 16.6. The van der Waals surface area contributed by atoms with Crippen LogP contribution in [-0.2, 0) is 4.74 Å². The van der Waals surface area contributed by atoms with E-state index in [1.165, 1.54) is 0 Å². The molecule has 1 aliphatic rings. The summed E-state index contributed by atoms with van der Waals surface area (Å²) in [5, 5.41) is 11.6. The van der Waals surface area contributed by atoms with Crippen LogP contribution in [0.4, 0.5) is 4.79 Å². The van der Waals surface area contributed by atoms with E-state index in [1.54, 1.807) is 0 Å². The van der Waals surface area contributed by atoms with E-state index in [0.717, 1.165) is 52.1 Å². The van der Waals surface area contributed by atoms with E-state index in [4.69, 9.17) is 9.84 Å². The van der Waals surface area contributed by atoms with Crippen LogP contribution in [0.2, 0.25) is 0 Å². The van der Waals surface area contributed by atoms with Crippen LogP contribution in [0.5, 0.6) is 0 Å². The molecule has 0 spiro atoms. The van der Waals surface area contributed by atoms with Crippen LogP contribution >= 0.6 is 0 Å². The van der Waals surface area contributed by atoms with E-state index in [1.807, 2.05) is 20.8 Å². The van der Waals surface area contributed by atoms with Crippen molar-refractivity contribution in [1.29, 1.82) is 0 Å². The van der Waals surface area contributed by atoms with Crippen LogP contribution < -0.4 is 5.32 Å². The van der Waals surface area contributed by atoms with Gasteiger partial charge in [-0.15, -0.1) is 0 Å². The molecular weight excluding hydrogens is 270 g/mol. The number of carbonyl (C=O) groups is 1. The molecule has 21 heavy (non-hydrogen) atoms. The molecule has 0 aromatic carbocycles. The Hall–Kier alpha value is -0.850. The summed E-state index contributed by atoms with van der Waals surface area (Å²) in [5.74, 6) is 0. The van der Waals surface area contributed by atoms with E-state index in [9.17, 15) is 4.79 Å². The van der Waals surface area contributed by atoms with Gasteiger partial charge in [-0.1, -0.05) is 0 Å². The summed E-state index contributed by atoms with van der Waals surface area (Å²) >= 11 is 0. The molecule has 0 radical (unpaired) electrons. The summed E-state index contributed by atoms with van der Waals surface area (Å²) in [5.41, 5.74) is -0.436. The molecule has 0 bridgehead atoms. The molecule has 0 saturated carbocycles. The van der Waals surface area contributed by atoms with Gasteiger partial charge in [-0.05, 0) is 40.2 Å². The van der Waals surface area contributed by atoms with Gasteiger partial charge in [-0.2, -0.15) is 0 Å². The largest absolute Gasteiger partial charge is 0.444 e. The maximum Gasteiger partial charge on any atom is 0.407 e. The lowest BCUT2D eigenvalue weighted by Gasteiger charge is -2.34. The lowest BCUT2D eigenvalue weighted by molar-refractivity contribution is 0.0523. The monoisotopic (exact) mass is 301 g/mol. The average Bonchev–Trinajstić information content (AvgIpc) is 2.41. The number of aliphatic hydroxyl groups is 1. The van der Waals surface area contributed by atoms with Crippen LogP contribution in [0.3, 0.4) is 0 Å². The minimum Gasteiger partial charge on any atom is -0.444 e. The van der Waals surface area contributed by atoms with E-state index < -0.39 is 5.60 Å². The van der Waals surface area contributed by atoms with E-state index >= 15 is 0 Å². The van der Waals surface area contributed by atoms with E-state index in [-0.39, 0.29) is 12.7 Å². The molecule has 1 heterocycles. The van der Waals surface area contributed by atoms with Crippen molar-refractivity contribution in [2.75, 3.05) is 52.4 Å². The molecule has 1 amide bonds. The van der Waals surface area contributed by atoms with Gasteiger partial charge in [0.25, 0.3) is 0 Å². The first-order valence-corrected chi connectivity index (χ1v) is 7.93. The molecule has 0 atom stereocenters. The number of hydrogen-bond donors (Lipinski definition) is 2. The van der Waals surface area contributed by atoms with Crippen LogP contribution in [0, 0.1) is 0 Å². The highest BCUT2D eigenvalue weighted by molar-refractivity contribution is 5.67. The second-order valence-electron chi connectivity index (χ2n) is 6.54. The molecule has 0 aromatic heterocycles. The normalized spacial score (nSPS) is 17.7. The zero-order chi connectivity index (χ0) is 15.7. The Morgan fingerprint density at radius 2 is 1.62 bits per heavy atom. The van der Waals surface area contributed by atoms with Crippen LogP contribution in [0.25, 0.3) is 0 Å². The van der Waals surface area contributed by atoms with Gasteiger partial charge in [0.1, 0.15) is 5.60 Å². The number of rotatable bonds is 7. The van der Waals surface area contributed by atoms with Crippen molar-refractivity contribution < 1.29 is 14.6 Å². The standard InChI is InChI=1S/C15H31N3O3/c1-15(2,3)21-14(20)16-6-4-7-17-9-11-18(12-10-17)8-5-13-19/h19H,4-13H2,1-3H3,(H,16,20). The molecule has 0 unspecified atom stereocenters. The van der Waals surface area contributed by atoms with Gasteiger partial charge < -0.3 is 25.0 Å². The molecule has 1 fully saturated rings. The maximum absolute atomic E-state index is 11.5. The second kappa shape index (κ2) is 9.23. The Bertz CT molecular complexity index is 297. The highest BCUT2D eigenvalue weighted by Crippen LogP contribution is 2.06. The first-order valence-electron chi connectivity index (χ1n) is 7.93. The predicted molar refractivity (Wildman–Crippen MR) is 83.4 cm³/mol. The number of nitrogens with one attached hydrogen (secondary N) is 1. The fourth-order valence-corrected chi connectivity index (χ4v) is 2.34. The van der Waals surface area contributed by atoms with Crippen LogP contribution in [0.15, 0.2) is 0 Å². The number of ether oxygens (including phenoxy) is 1. The van der Waals surface area contributed by atoms with Crippen LogP contribution in [0.1, 0.15) is 33.6 Å². The number of piperazine rings is 1. The summed E-state index contributed by atoms with van der Waals surface area (Å²) in [4.78, 5) is 16.3. The number of carbonyl (C=O) groups excluding carboxylic acids is 1. The molecular formula is C15H31N3O3. The zero-order valence-corrected chi connectivity index (χ0v) is 13.7. The van der Waals surface area contributed by atoms with E-state index in [0.29, 0.717) is 6.54 Å². The molecule has 0 aromatic rings. The predicted octanol–water partition coefficient (Wildman–Crippen LogP) is 0.901. The first kappa shape index (κ1) is 18.2. The minimum absolute atomic E-state index is 0.274. The van der Waals surface area contributed by atoms with Gasteiger partial charge in [0.2, 0.25) is 0 Å². The minimum atomic E-state index is -0.436. The van der Waals surface area contributed by atoms with Gasteiger partial charge in [-0.25, -0.2) is 4.79 Å². The van der Waals surface area contributed by atoms with E-state index in [2.05, 4.69) is 15.1 Å². The van der Waals surface area contributed by atoms with Crippen molar-refractivity contribution in [2.24, 2.45) is 0 Å². The van der Waals surface area contributed by atoms with Gasteiger partial charge in [0.15, 0.2) is 0 Å². The fraction of sp³-hybridized carbons (Fsp3) is 0.933. The van der Waals surface area contributed by atoms with Gasteiger partial charge in [0.05, 0.1) is 0 Å². The first-order chi connectivity index (χ1) is 9.90. The number of hydrogen-bond acceptors (Lipinski definition) is 5. The third kappa shape index (κ3) is 8.90. The van der Waals surface area contributed by atoms with Crippen molar-refractivity contribution >= 4 is 6.09 Å². The van der Waals surface area contributed by atoms with Gasteiger partial charge in [0, 0.05) is 45.9 Å². The third-order valence-electron chi connectivity index (χ3n) is 3.42. The molecule has 1 saturated heterocycles. The van der Waals surface area contributed by atoms with Crippen molar-refractivity contribution in [1.82, 2.24) is 15.1 Å². The SMILES string of the molecule is CC(C)(C)OC(=O)NCCCN1CCN(CCCO)CC1. The molecule has 2 N–H and O–H groups in total. The van der Waals surface area contributed by atoms with Crippen molar-refractivity contribution in [2.45, 2.75) is 39.2 Å². The fourth-order valence-electron chi connectivity index (χ4n) is 2.34. The van der Waals surface area contributed by atoms with Crippen LogP contribution in [-0.4, -0.2) is 79.0 Å². The number of alkyl carbamates (subject to hydrolysis) is 1. The van der Waals surface area contributed by atoms with Crippen molar-refractivity contribution in [3.63, 3.8) is 0 Å². The average molecular weight is 301 g/mol. The summed E-state index contributed by atoms with van der Waals surface area (Å²) < 4.78 is 5.19. The Labute approximate surface area is 128 Å². The summed E-state index contributed by atoms with van der Waals surface area (Å²) in [7, 11) is 0. The third-order valence-corrected chi connectivity index (χ3v) is 3.42. The summed E-state index contributed by atoms with van der Waals surface area (Å²) in [6.45, 7) is 12.8. The molecule has 1 rings (SSSR count). The summed E-state index contributed by atoms with van der Waals surface area (Å²) in [6, 6.07) is 0. The molecule has 0 aliphatic carbocycles. The number of amides is 1. The highest BCUT2D eigenvalue weighted by Gasteiger charge is 2.17. The van der Waals surface area contributed by atoms with Crippen molar-refractivity contribution in [3.05, 3.63) is 0 Å². The topological polar surface area (TPSA) is 65.0 Å². The Balaban J connectivity index is 2.03. The zero-order valence-electron chi connectivity index (χ0n) is 13.7. The Morgan fingerprint density at radius 1 is 1.10 bits per heavy atom. The number of nitrogens with zero attached hydrogens (tertiary/aromatic N) is 2. The van der Waals surface area contributed by atoms with Crippen molar-refractivity contribution in [3.8, 4) is 0 Å². The summed E-state index contributed by atoms with van der Waals surface area (Å²) in [6.07, 6.45) is 1.46. The molecule has 6 nitrogen and oxygen atoms in total. The second-order valence-corrected chi connectivity index (χ2v) is 6.54. The van der Waals surface area contributed by atoms with Gasteiger partial charge >= 0.3 is 6.09 Å². The lowest BCUT2D eigenvalue weighted by atomic mass is 10.2.